The second kappa shape index (κ2) is 4.85. The number of benzene rings is 1. The van der Waals surface area contributed by atoms with Crippen molar-refractivity contribution in [2.45, 2.75) is 45.9 Å². The van der Waals surface area contributed by atoms with Crippen LogP contribution in [0.5, 0.6) is 0 Å². The van der Waals surface area contributed by atoms with Gasteiger partial charge in [0.15, 0.2) is 6.71 Å². The van der Waals surface area contributed by atoms with E-state index in [0.29, 0.717) is 6.71 Å². The smallest absolute Gasteiger partial charge is 0.175 e. The molecule has 15 heavy (non-hydrogen) atoms. The number of rotatable bonds is 4. The van der Waals surface area contributed by atoms with Gasteiger partial charge in [0.1, 0.15) is 0 Å². The van der Waals surface area contributed by atoms with E-state index in [0.717, 1.165) is 0 Å². The van der Waals surface area contributed by atoms with E-state index in [-0.39, 0.29) is 5.54 Å². The van der Waals surface area contributed by atoms with E-state index in [2.05, 4.69) is 52.0 Å². The highest BCUT2D eigenvalue weighted by Gasteiger charge is 2.22. The Morgan fingerprint density at radius 2 is 1.67 bits per heavy atom. The third kappa shape index (κ3) is 2.85. The zero-order valence-electron chi connectivity index (χ0n) is 10.4. The number of nitrogens with two attached hydrogens (primary N) is 1. The van der Waals surface area contributed by atoms with Crippen molar-refractivity contribution in [1.29, 1.82) is 0 Å². The third-order valence-electron chi connectivity index (χ3n) is 3.08. The first kappa shape index (κ1) is 12.3. The van der Waals surface area contributed by atoms with Crippen molar-refractivity contribution in [1.82, 2.24) is 0 Å². The van der Waals surface area contributed by atoms with Crippen molar-refractivity contribution in [3.05, 3.63) is 29.8 Å². The van der Waals surface area contributed by atoms with Crippen LogP contribution in [0.25, 0.3) is 0 Å². The molecule has 1 rings (SSSR count). The Morgan fingerprint density at radius 1 is 1.13 bits per heavy atom. The second-order valence-corrected chi connectivity index (χ2v) is 4.82. The average molecular weight is 203 g/mol. The van der Waals surface area contributed by atoms with Gasteiger partial charge in [-0.25, -0.2) is 0 Å². The molecule has 0 radical (unpaired) electrons. The average Bonchev–Trinajstić information content (AvgIpc) is 2.19. The lowest BCUT2D eigenvalue weighted by atomic mass is 9.40. The first-order valence-electron chi connectivity index (χ1n) is 5.89. The molecule has 0 saturated heterocycles. The van der Waals surface area contributed by atoms with Crippen LogP contribution in [0.15, 0.2) is 24.3 Å². The molecule has 0 aliphatic carbocycles. The van der Waals surface area contributed by atoms with Crippen LogP contribution >= 0.6 is 0 Å². The van der Waals surface area contributed by atoms with Gasteiger partial charge < -0.3 is 5.73 Å². The van der Waals surface area contributed by atoms with E-state index in [1.165, 1.54) is 23.7 Å². The normalized spacial score (nSPS) is 11.5. The maximum absolute atomic E-state index is 6.20. The van der Waals surface area contributed by atoms with E-state index >= 15 is 0 Å². The molecule has 0 saturated carbocycles. The maximum Gasteiger partial charge on any atom is 0.175 e. The minimum absolute atomic E-state index is 0.237. The van der Waals surface area contributed by atoms with E-state index in [1.807, 2.05) is 0 Å². The first-order valence-corrected chi connectivity index (χ1v) is 5.89. The molecule has 1 aromatic rings. The minimum atomic E-state index is -0.237. The first-order chi connectivity index (χ1) is 7.00. The summed E-state index contributed by atoms with van der Waals surface area (Å²) in [6.07, 6.45) is 2.37. The topological polar surface area (TPSA) is 26.0 Å². The van der Waals surface area contributed by atoms with Gasteiger partial charge in [-0.15, -0.1) is 0 Å². The molecule has 2 heteroatoms. The Balaban J connectivity index is 3.17. The van der Waals surface area contributed by atoms with E-state index in [1.54, 1.807) is 0 Å². The second-order valence-electron chi connectivity index (χ2n) is 4.82. The Bertz CT molecular complexity index is 311. The molecule has 0 spiro atoms. The lowest BCUT2D eigenvalue weighted by Crippen LogP contribution is -2.40. The highest BCUT2D eigenvalue weighted by Crippen LogP contribution is 2.16. The molecule has 0 amide bonds. The zero-order valence-corrected chi connectivity index (χ0v) is 10.4. The summed E-state index contributed by atoms with van der Waals surface area (Å²) in [5.74, 6) is 0. The van der Waals surface area contributed by atoms with Gasteiger partial charge in [-0.1, -0.05) is 56.2 Å². The zero-order chi connectivity index (χ0) is 11.5. The molecule has 1 nitrogen and oxygen atoms in total. The molecule has 82 valence electrons. The predicted molar refractivity (Wildman–Crippen MR) is 70.0 cm³/mol. The van der Waals surface area contributed by atoms with Crippen molar-refractivity contribution in [3.8, 4) is 0 Å². The molecule has 0 unspecified atom stereocenters. The van der Waals surface area contributed by atoms with Gasteiger partial charge in [0.2, 0.25) is 0 Å². The van der Waals surface area contributed by atoms with Crippen LogP contribution in [-0.2, 0) is 5.54 Å². The third-order valence-corrected chi connectivity index (χ3v) is 3.08. The van der Waals surface area contributed by atoms with Crippen LogP contribution in [0.1, 0.15) is 33.3 Å². The molecule has 0 aromatic heterocycles. The SMILES string of the molecule is CCB(CC)c1ccccc1C(C)(C)N. The highest BCUT2D eigenvalue weighted by molar-refractivity contribution is 6.73. The van der Waals surface area contributed by atoms with E-state index in [9.17, 15) is 0 Å². The molecular formula is C13H22BN. The van der Waals surface area contributed by atoms with Crippen molar-refractivity contribution in [2.24, 2.45) is 5.73 Å². The molecule has 0 atom stereocenters. The summed E-state index contributed by atoms with van der Waals surface area (Å²) in [7, 11) is 0. The van der Waals surface area contributed by atoms with Crippen LogP contribution in [0.3, 0.4) is 0 Å². The summed E-state index contributed by atoms with van der Waals surface area (Å²) in [6, 6.07) is 8.58. The molecule has 0 fully saturated rings. The summed E-state index contributed by atoms with van der Waals surface area (Å²) in [6.45, 7) is 9.29. The number of hydrogen-bond donors (Lipinski definition) is 1. The van der Waals surface area contributed by atoms with Gasteiger partial charge in [-0.3, -0.25) is 0 Å². The molecule has 1 aromatic carbocycles. The van der Waals surface area contributed by atoms with Gasteiger partial charge in [-0.05, 0) is 19.4 Å². The van der Waals surface area contributed by atoms with Crippen molar-refractivity contribution in [3.63, 3.8) is 0 Å². The monoisotopic (exact) mass is 203 g/mol. The quantitative estimate of drug-likeness (QED) is 0.748. The van der Waals surface area contributed by atoms with Gasteiger partial charge in [0, 0.05) is 5.54 Å². The summed E-state index contributed by atoms with van der Waals surface area (Å²) >= 11 is 0. The molecule has 0 bridgehead atoms. The molecule has 0 heterocycles. The highest BCUT2D eigenvalue weighted by atomic mass is 14.7. The molecule has 0 aliphatic rings. The Hall–Kier alpha value is -0.755. The molecule has 0 aliphatic heterocycles. The fourth-order valence-corrected chi connectivity index (χ4v) is 2.17. The van der Waals surface area contributed by atoms with Crippen molar-refractivity contribution < 1.29 is 0 Å². The lowest BCUT2D eigenvalue weighted by Gasteiger charge is -2.25. The standard InChI is InChI=1S/C13H22BN/c1-5-14(6-2)12-10-8-7-9-11(12)13(3,4)15/h7-10H,5-6,15H2,1-4H3. The summed E-state index contributed by atoms with van der Waals surface area (Å²) in [4.78, 5) is 0. The summed E-state index contributed by atoms with van der Waals surface area (Å²) in [5, 5.41) is 0. The number of hydrogen-bond acceptors (Lipinski definition) is 1. The molecule has 2 N–H and O–H groups in total. The molecular weight excluding hydrogens is 181 g/mol. The van der Waals surface area contributed by atoms with Crippen molar-refractivity contribution in [2.75, 3.05) is 0 Å². The van der Waals surface area contributed by atoms with E-state index in [4.69, 9.17) is 5.73 Å². The van der Waals surface area contributed by atoms with Crippen LogP contribution < -0.4 is 11.2 Å². The summed E-state index contributed by atoms with van der Waals surface area (Å²) < 4.78 is 0. The van der Waals surface area contributed by atoms with Gasteiger partial charge in [-0.2, -0.15) is 0 Å². The predicted octanol–water partition coefficient (Wildman–Crippen LogP) is 2.62. The fraction of sp³-hybridized carbons (Fsp3) is 0.538. The van der Waals surface area contributed by atoms with Gasteiger partial charge >= 0.3 is 0 Å². The van der Waals surface area contributed by atoms with Crippen LogP contribution in [0, 0.1) is 0 Å². The van der Waals surface area contributed by atoms with Crippen molar-refractivity contribution >= 4 is 12.2 Å². The van der Waals surface area contributed by atoms with Crippen LogP contribution in [0.4, 0.5) is 0 Å². The lowest BCUT2D eigenvalue weighted by molar-refractivity contribution is 0.558. The fourth-order valence-electron chi connectivity index (χ4n) is 2.17. The van der Waals surface area contributed by atoms with Crippen LogP contribution in [0.2, 0.25) is 12.6 Å². The minimum Gasteiger partial charge on any atom is -0.322 e. The maximum atomic E-state index is 6.20. The Morgan fingerprint density at radius 3 is 2.13 bits per heavy atom. The Labute approximate surface area is 94.1 Å². The summed E-state index contributed by atoms with van der Waals surface area (Å²) in [5.41, 5.74) is 8.68. The van der Waals surface area contributed by atoms with E-state index < -0.39 is 0 Å². The van der Waals surface area contributed by atoms with Gasteiger partial charge in [0.05, 0.1) is 0 Å². The van der Waals surface area contributed by atoms with Gasteiger partial charge in [0.25, 0.3) is 0 Å². The Kier molecular flexibility index (Phi) is 3.98. The van der Waals surface area contributed by atoms with Crippen LogP contribution in [-0.4, -0.2) is 6.71 Å². The largest absolute Gasteiger partial charge is 0.322 e.